The number of aliphatic carboxylic acids is 1. The molecule has 98 valence electrons. The lowest BCUT2D eigenvalue weighted by Gasteiger charge is -2.18. The van der Waals surface area contributed by atoms with Crippen molar-refractivity contribution in [1.29, 1.82) is 0 Å². The van der Waals surface area contributed by atoms with Crippen LogP contribution in [-0.2, 0) is 20.9 Å². The lowest BCUT2D eigenvalue weighted by Crippen LogP contribution is -2.41. The van der Waals surface area contributed by atoms with Crippen LogP contribution in [-0.4, -0.2) is 50.7 Å². The second kappa shape index (κ2) is 6.38. The molecule has 0 aliphatic carbocycles. The van der Waals surface area contributed by atoms with Crippen molar-refractivity contribution < 1.29 is 19.5 Å². The molecule has 2 amide bonds. The Morgan fingerprint density at radius 1 is 1.33 bits per heavy atom. The Labute approximate surface area is 103 Å². The number of carbonyl (C=O) groups is 3. The van der Waals surface area contributed by atoms with Crippen LogP contribution in [0.2, 0.25) is 0 Å². The van der Waals surface area contributed by atoms with Crippen LogP contribution in [0.1, 0.15) is 6.42 Å². The molecular weight excluding hydrogens is 240 g/mol. The molecular formula is C10H14N4O4. The van der Waals surface area contributed by atoms with Gasteiger partial charge in [0.1, 0.15) is 6.54 Å². The molecule has 18 heavy (non-hydrogen) atoms. The predicted octanol–water partition coefficient (Wildman–Crippen LogP) is -1.33. The number of carbonyl (C=O) groups excluding carboxylic acids is 2. The molecule has 0 aliphatic rings. The van der Waals surface area contributed by atoms with E-state index in [9.17, 15) is 14.4 Å². The number of nitrogens with two attached hydrogens (primary N) is 1. The summed E-state index contributed by atoms with van der Waals surface area (Å²) in [7, 11) is 0. The van der Waals surface area contributed by atoms with E-state index in [0.29, 0.717) is 6.54 Å². The zero-order chi connectivity index (χ0) is 13.5. The Morgan fingerprint density at radius 3 is 2.56 bits per heavy atom. The highest BCUT2D eigenvalue weighted by Gasteiger charge is 2.18. The molecule has 0 saturated heterocycles. The van der Waals surface area contributed by atoms with Crippen LogP contribution in [0.25, 0.3) is 0 Å². The monoisotopic (exact) mass is 254 g/mol. The minimum atomic E-state index is -1.19. The molecule has 1 aromatic heterocycles. The molecule has 1 aromatic rings. The number of amides is 2. The van der Waals surface area contributed by atoms with E-state index in [-0.39, 0.29) is 6.42 Å². The minimum Gasteiger partial charge on any atom is -0.480 e. The molecule has 0 bridgehead atoms. The molecule has 0 unspecified atom stereocenters. The molecule has 8 nitrogen and oxygen atoms in total. The van der Waals surface area contributed by atoms with Crippen LogP contribution in [0, 0.1) is 0 Å². The average Bonchev–Trinajstić information content (AvgIpc) is 2.76. The van der Waals surface area contributed by atoms with Gasteiger partial charge in [-0.25, -0.2) is 0 Å². The van der Waals surface area contributed by atoms with Gasteiger partial charge < -0.3 is 15.7 Å². The highest BCUT2D eigenvalue weighted by Crippen LogP contribution is 1.97. The zero-order valence-electron chi connectivity index (χ0n) is 9.65. The van der Waals surface area contributed by atoms with E-state index in [4.69, 9.17) is 10.8 Å². The Kier molecular flexibility index (Phi) is 4.85. The van der Waals surface area contributed by atoms with E-state index in [0.717, 1.165) is 4.90 Å². The van der Waals surface area contributed by atoms with E-state index in [2.05, 4.69) is 5.10 Å². The van der Waals surface area contributed by atoms with Gasteiger partial charge in [0, 0.05) is 25.4 Å². The van der Waals surface area contributed by atoms with Crippen LogP contribution in [0.4, 0.5) is 0 Å². The maximum absolute atomic E-state index is 11.7. The van der Waals surface area contributed by atoms with Crippen LogP contribution in [0.3, 0.4) is 0 Å². The quantitative estimate of drug-likeness (QED) is 0.625. The zero-order valence-corrected chi connectivity index (χ0v) is 9.65. The van der Waals surface area contributed by atoms with Crippen molar-refractivity contribution >= 4 is 17.8 Å². The molecule has 0 saturated carbocycles. The molecule has 0 radical (unpaired) electrons. The number of hydrogen-bond donors (Lipinski definition) is 2. The first-order valence-corrected chi connectivity index (χ1v) is 5.24. The summed E-state index contributed by atoms with van der Waals surface area (Å²) in [5.74, 6) is -2.39. The van der Waals surface area contributed by atoms with Crippen molar-refractivity contribution in [3.05, 3.63) is 18.5 Å². The fourth-order valence-electron chi connectivity index (χ4n) is 1.38. The summed E-state index contributed by atoms with van der Waals surface area (Å²) in [6.45, 7) is -0.619. The van der Waals surface area contributed by atoms with Crippen molar-refractivity contribution in [2.45, 2.75) is 13.0 Å². The van der Waals surface area contributed by atoms with Crippen LogP contribution >= 0.6 is 0 Å². The summed E-state index contributed by atoms with van der Waals surface area (Å²) in [5, 5.41) is 12.5. The second-order valence-electron chi connectivity index (χ2n) is 3.63. The molecule has 0 spiro atoms. The number of aromatic nitrogens is 2. The first-order chi connectivity index (χ1) is 8.49. The van der Waals surface area contributed by atoms with Gasteiger partial charge in [-0.3, -0.25) is 19.1 Å². The number of hydrogen-bond acceptors (Lipinski definition) is 4. The summed E-state index contributed by atoms with van der Waals surface area (Å²) in [4.78, 5) is 33.9. The maximum Gasteiger partial charge on any atom is 0.323 e. The Morgan fingerprint density at radius 2 is 2.06 bits per heavy atom. The molecule has 0 atom stereocenters. The van der Waals surface area contributed by atoms with Gasteiger partial charge >= 0.3 is 5.97 Å². The number of carboxylic acid groups (broad SMARTS) is 1. The Balaban J connectivity index is 2.52. The Bertz CT molecular complexity index is 413. The van der Waals surface area contributed by atoms with E-state index in [1.165, 1.54) is 0 Å². The van der Waals surface area contributed by atoms with Crippen molar-refractivity contribution in [3.8, 4) is 0 Å². The molecule has 8 heteroatoms. The number of primary amides is 1. The van der Waals surface area contributed by atoms with Crippen molar-refractivity contribution in [1.82, 2.24) is 14.7 Å². The SMILES string of the molecule is NC(=O)CN(CC(=O)O)C(=O)CCn1cccn1. The summed E-state index contributed by atoms with van der Waals surface area (Å²) in [6.07, 6.45) is 3.31. The first kappa shape index (κ1) is 13.7. The van der Waals surface area contributed by atoms with Crippen molar-refractivity contribution in [2.75, 3.05) is 13.1 Å². The molecule has 3 N–H and O–H groups in total. The smallest absolute Gasteiger partial charge is 0.323 e. The number of aryl methyl sites for hydroxylation is 1. The molecule has 0 fully saturated rings. The molecule has 0 aromatic carbocycles. The summed E-state index contributed by atoms with van der Waals surface area (Å²) < 4.78 is 1.54. The highest BCUT2D eigenvalue weighted by molar-refractivity contribution is 5.86. The summed E-state index contributed by atoms with van der Waals surface area (Å²) in [5.41, 5.74) is 4.95. The first-order valence-electron chi connectivity index (χ1n) is 5.24. The van der Waals surface area contributed by atoms with Gasteiger partial charge in [-0.05, 0) is 6.07 Å². The largest absolute Gasteiger partial charge is 0.480 e. The summed E-state index contributed by atoms with van der Waals surface area (Å²) in [6, 6.07) is 1.71. The van der Waals surface area contributed by atoms with Crippen LogP contribution in [0.15, 0.2) is 18.5 Å². The van der Waals surface area contributed by atoms with Crippen molar-refractivity contribution in [2.24, 2.45) is 5.73 Å². The van der Waals surface area contributed by atoms with Gasteiger partial charge in [0.15, 0.2) is 0 Å². The minimum absolute atomic E-state index is 0.0578. The van der Waals surface area contributed by atoms with E-state index < -0.39 is 30.9 Å². The van der Waals surface area contributed by atoms with E-state index in [1.54, 1.807) is 23.1 Å². The predicted molar refractivity (Wildman–Crippen MR) is 60.3 cm³/mol. The normalized spacial score (nSPS) is 10.0. The van der Waals surface area contributed by atoms with Gasteiger partial charge in [0.25, 0.3) is 0 Å². The van der Waals surface area contributed by atoms with Crippen LogP contribution in [0.5, 0.6) is 0 Å². The van der Waals surface area contributed by atoms with Gasteiger partial charge in [-0.2, -0.15) is 5.10 Å². The van der Waals surface area contributed by atoms with E-state index >= 15 is 0 Å². The van der Waals surface area contributed by atoms with E-state index in [1.807, 2.05) is 0 Å². The lowest BCUT2D eigenvalue weighted by molar-refractivity contribution is -0.145. The lowest BCUT2D eigenvalue weighted by atomic mass is 10.3. The second-order valence-corrected chi connectivity index (χ2v) is 3.63. The topological polar surface area (TPSA) is 119 Å². The number of rotatable bonds is 7. The van der Waals surface area contributed by atoms with Gasteiger partial charge in [-0.1, -0.05) is 0 Å². The third-order valence-corrected chi connectivity index (χ3v) is 2.14. The van der Waals surface area contributed by atoms with Crippen LogP contribution < -0.4 is 5.73 Å². The highest BCUT2D eigenvalue weighted by atomic mass is 16.4. The standard InChI is InChI=1S/C10H14N4O4/c11-8(15)6-13(7-10(17)18)9(16)2-5-14-4-1-3-12-14/h1,3-4H,2,5-7H2,(H2,11,15)(H,17,18). The third kappa shape index (κ3) is 4.64. The Hall–Kier alpha value is -2.38. The fraction of sp³-hybridized carbons (Fsp3) is 0.400. The molecule has 1 rings (SSSR count). The maximum atomic E-state index is 11.7. The number of nitrogens with zero attached hydrogens (tertiary/aromatic N) is 3. The third-order valence-electron chi connectivity index (χ3n) is 2.14. The summed E-state index contributed by atoms with van der Waals surface area (Å²) >= 11 is 0. The fourth-order valence-corrected chi connectivity index (χ4v) is 1.38. The van der Waals surface area contributed by atoms with Crippen molar-refractivity contribution in [3.63, 3.8) is 0 Å². The van der Waals surface area contributed by atoms with Gasteiger partial charge in [0.2, 0.25) is 11.8 Å². The number of carboxylic acids is 1. The molecule has 0 aliphatic heterocycles. The molecule has 1 heterocycles. The average molecular weight is 254 g/mol. The van der Waals surface area contributed by atoms with Gasteiger partial charge in [-0.15, -0.1) is 0 Å². The van der Waals surface area contributed by atoms with Gasteiger partial charge in [0.05, 0.1) is 6.54 Å².